The van der Waals surface area contributed by atoms with E-state index in [0.29, 0.717) is 0 Å². The van der Waals surface area contributed by atoms with Crippen LogP contribution in [0.1, 0.15) is 0 Å². The van der Waals surface area contributed by atoms with Gasteiger partial charge in [0.15, 0.2) is 0 Å². The Hall–Kier alpha value is -2.45. The van der Waals surface area contributed by atoms with E-state index in [0.717, 1.165) is 18.2 Å². The predicted molar refractivity (Wildman–Crippen MR) is 69.4 cm³/mol. The molecule has 0 atom stereocenters. The lowest BCUT2D eigenvalue weighted by Gasteiger charge is -2.07. The molecule has 0 radical (unpaired) electrons. The lowest BCUT2D eigenvalue weighted by Crippen LogP contribution is -2.29. The molecule has 0 bridgehead atoms. The number of nitrogens with zero attached hydrogens (tertiary/aromatic N) is 1. The van der Waals surface area contributed by atoms with Crippen LogP contribution in [0.2, 0.25) is 0 Å². The molecule has 0 unspecified atom stereocenters. The van der Waals surface area contributed by atoms with E-state index >= 15 is 0 Å². The SMILES string of the molecule is O=[N+]([O-])c1cc(F)ccc1Oc1cccc(B(O)O)c1. The van der Waals surface area contributed by atoms with E-state index in [9.17, 15) is 14.5 Å². The minimum atomic E-state index is -1.68. The second-order valence-electron chi connectivity index (χ2n) is 3.92. The molecule has 2 rings (SSSR count). The van der Waals surface area contributed by atoms with Crippen LogP contribution >= 0.6 is 0 Å². The van der Waals surface area contributed by atoms with Crippen molar-refractivity contribution in [1.82, 2.24) is 0 Å². The third-order valence-corrected chi connectivity index (χ3v) is 2.50. The molecule has 0 heterocycles. The summed E-state index contributed by atoms with van der Waals surface area (Å²) in [5.41, 5.74) is -0.341. The Morgan fingerprint density at radius 2 is 1.95 bits per heavy atom. The van der Waals surface area contributed by atoms with Crippen molar-refractivity contribution in [3.05, 3.63) is 58.4 Å². The van der Waals surface area contributed by atoms with Gasteiger partial charge in [0.2, 0.25) is 5.75 Å². The van der Waals surface area contributed by atoms with Crippen LogP contribution in [-0.2, 0) is 0 Å². The van der Waals surface area contributed by atoms with Gasteiger partial charge in [0.1, 0.15) is 11.6 Å². The van der Waals surface area contributed by atoms with Crippen molar-refractivity contribution in [1.29, 1.82) is 0 Å². The minimum Gasteiger partial charge on any atom is -0.450 e. The normalized spacial score (nSPS) is 10.2. The smallest absolute Gasteiger partial charge is 0.450 e. The van der Waals surface area contributed by atoms with Crippen molar-refractivity contribution in [2.45, 2.75) is 0 Å². The Bertz CT molecular complexity index is 649. The average Bonchev–Trinajstić information content (AvgIpc) is 2.41. The molecule has 0 spiro atoms. The number of rotatable bonds is 4. The lowest BCUT2D eigenvalue weighted by molar-refractivity contribution is -0.385. The first kappa shape index (κ1) is 14.0. The second kappa shape index (κ2) is 5.68. The molecule has 2 aromatic carbocycles. The highest BCUT2D eigenvalue weighted by Gasteiger charge is 2.18. The monoisotopic (exact) mass is 277 g/mol. The van der Waals surface area contributed by atoms with Crippen LogP contribution in [0.4, 0.5) is 10.1 Å². The fourth-order valence-corrected chi connectivity index (χ4v) is 1.59. The first-order valence-electron chi connectivity index (χ1n) is 5.55. The summed E-state index contributed by atoms with van der Waals surface area (Å²) >= 11 is 0. The quantitative estimate of drug-likeness (QED) is 0.497. The summed E-state index contributed by atoms with van der Waals surface area (Å²) in [6.07, 6.45) is 0. The van der Waals surface area contributed by atoms with E-state index in [1.54, 1.807) is 0 Å². The number of hydrogen-bond acceptors (Lipinski definition) is 5. The number of benzene rings is 2. The van der Waals surface area contributed by atoms with Crippen molar-refractivity contribution in [3.63, 3.8) is 0 Å². The predicted octanol–water partition coefficient (Wildman–Crippen LogP) is 1.21. The van der Waals surface area contributed by atoms with Crippen molar-refractivity contribution < 1.29 is 24.1 Å². The van der Waals surface area contributed by atoms with Crippen LogP contribution in [0.5, 0.6) is 11.5 Å². The molecule has 6 nitrogen and oxygen atoms in total. The molecule has 0 aromatic heterocycles. The van der Waals surface area contributed by atoms with Gasteiger partial charge in [0.05, 0.1) is 11.0 Å². The molecule has 0 aliphatic rings. The number of nitro benzene ring substituents is 1. The molecular weight excluding hydrogens is 268 g/mol. The molecular formula is C12H9BFNO5. The van der Waals surface area contributed by atoms with Gasteiger partial charge in [-0.1, -0.05) is 12.1 Å². The number of halogens is 1. The molecule has 0 amide bonds. The van der Waals surface area contributed by atoms with E-state index in [-0.39, 0.29) is 17.0 Å². The largest absolute Gasteiger partial charge is 0.488 e. The first-order valence-corrected chi connectivity index (χ1v) is 5.55. The van der Waals surface area contributed by atoms with Gasteiger partial charge in [-0.25, -0.2) is 4.39 Å². The number of hydrogen-bond donors (Lipinski definition) is 2. The Kier molecular flexibility index (Phi) is 3.97. The maximum absolute atomic E-state index is 13.0. The maximum Gasteiger partial charge on any atom is 0.488 e. The van der Waals surface area contributed by atoms with Gasteiger partial charge in [0, 0.05) is 0 Å². The van der Waals surface area contributed by atoms with Gasteiger partial charge in [-0.15, -0.1) is 0 Å². The molecule has 102 valence electrons. The molecule has 2 aromatic rings. The van der Waals surface area contributed by atoms with Crippen LogP contribution in [0, 0.1) is 15.9 Å². The second-order valence-corrected chi connectivity index (χ2v) is 3.92. The maximum atomic E-state index is 13.0. The molecule has 2 N–H and O–H groups in total. The third-order valence-electron chi connectivity index (χ3n) is 2.50. The number of ether oxygens (including phenoxy) is 1. The first-order chi connectivity index (χ1) is 9.47. The molecule has 0 saturated carbocycles. The van der Waals surface area contributed by atoms with E-state index in [1.165, 1.54) is 24.3 Å². The van der Waals surface area contributed by atoms with Gasteiger partial charge in [-0.05, 0) is 29.7 Å². The lowest BCUT2D eigenvalue weighted by atomic mass is 9.80. The molecule has 0 fully saturated rings. The Balaban J connectivity index is 2.35. The van der Waals surface area contributed by atoms with Crippen LogP contribution in [-0.4, -0.2) is 22.1 Å². The summed E-state index contributed by atoms with van der Waals surface area (Å²) in [5.74, 6) is -0.713. The zero-order chi connectivity index (χ0) is 14.7. The highest BCUT2D eigenvalue weighted by molar-refractivity contribution is 6.58. The van der Waals surface area contributed by atoms with Gasteiger partial charge in [-0.2, -0.15) is 0 Å². The Labute approximate surface area is 113 Å². The zero-order valence-corrected chi connectivity index (χ0v) is 10.1. The van der Waals surface area contributed by atoms with Crippen LogP contribution < -0.4 is 10.2 Å². The topological polar surface area (TPSA) is 92.8 Å². The summed E-state index contributed by atoms with van der Waals surface area (Å²) in [4.78, 5) is 10.1. The Morgan fingerprint density at radius 1 is 1.20 bits per heavy atom. The van der Waals surface area contributed by atoms with Crippen LogP contribution in [0.3, 0.4) is 0 Å². The zero-order valence-electron chi connectivity index (χ0n) is 10.1. The van der Waals surface area contributed by atoms with Gasteiger partial charge < -0.3 is 14.8 Å². The summed E-state index contributed by atoms with van der Waals surface area (Å²) in [6, 6.07) is 8.68. The van der Waals surface area contributed by atoms with Gasteiger partial charge >= 0.3 is 12.8 Å². The summed E-state index contributed by atoms with van der Waals surface area (Å²) in [6.45, 7) is 0. The van der Waals surface area contributed by atoms with Crippen molar-refractivity contribution in [2.75, 3.05) is 0 Å². The van der Waals surface area contributed by atoms with Crippen LogP contribution in [0.25, 0.3) is 0 Å². The molecule has 8 heteroatoms. The molecule has 0 aliphatic heterocycles. The minimum absolute atomic E-state index is 0.138. The van der Waals surface area contributed by atoms with E-state index in [1.807, 2.05) is 0 Å². The molecule has 0 saturated heterocycles. The van der Waals surface area contributed by atoms with Crippen LogP contribution in [0.15, 0.2) is 42.5 Å². The Morgan fingerprint density at radius 3 is 2.60 bits per heavy atom. The van der Waals surface area contributed by atoms with E-state index in [2.05, 4.69) is 0 Å². The van der Waals surface area contributed by atoms with Crippen molar-refractivity contribution in [3.8, 4) is 11.5 Å². The van der Waals surface area contributed by atoms with Gasteiger partial charge in [0.25, 0.3) is 0 Å². The third kappa shape index (κ3) is 3.11. The number of nitro groups is 1. The van der Waals surface area contributed by atoms with E-state index < -0.39 is 23.5 Å². The average molecular weight is 277 g/mol. The summed E-state index contributed by atoms with van der Waals surface area (Å²) in [7, 11) is -1.68. The molecule has 0 aliphatic carbocycles. The highest BCUT2D eigenvalue weighted by atomic mass is 19.1. The fraction of sp³-hybridized carbons (Fsp3) is 0. The van der Waals surface area contributed by atoms with Gasteiger partial charge in [-0.3, -0.25) is 10.1 Å². The summed E-state index contributed by atoms with van der Waals surface area (Å²) < 4.78 is 18.3. The van der Waals surface area contributed by atoms with Crippen molar-refractivity contribution >= 4 is 18.3 Å². The molecule has 20 heavy (non-hydrogen) atoms. The van der Waals surface area contributed by atoms with E-state index in [4.69, 9.17) is 14.8 Å². The standard InChI is InChI=1S/C12H9BFNO5/c14-9-4-5-12(11(7-9)15(18)19)20-10-3-1-2-8(6-10)13(16)17/h1-7,16-17H. The highest BCUT2D eigenvalue weighted by Crippen LogP contribution is 2.31. The fourth-order valence-electron chi connectivity index (χ4n) is 1.59. The van der Waals surface area contributed by atoms with Crippen molar-refractivity contribution in [2.24, 2.45) is 0 Å². The summed E-state index contributed by atoms with van der Waals surface area (Å²) in [5, 5.41) is 28.9.